The number of aliphatic imine (C=N–C) groups is 1. The summed E-state index contributed by atoms with van der Waals surface area (Å²) < 4.78 is 25.1. The summed E-state index contributed by atoms with van der Waals surface area (Å²) in [5, 5.41) is 6.38. The number of benzene rings is 1. The smallest absolute Gasteiger partial charge is 0.214 e. The van der Waals surface area contributed by atoms with Gasteiger partial charge in [0.2, 0.25) is 10.0 Å². The molecule has 1 aliphatic rings. The Morgan fingerprint density at radius 3 is 2.61 bits per heavy atom. The SMILES string of the molecule is CCNC(=NCc1ccc(C)cc1)NCCN1CCCS1(=O)=O. The van der Waals surface area contributed by atoms with Gasteiger partial charge in [-0.2, -0.15) is 0 Å². The highest BCUT2D eigenvalue weighted by molar-refractivity contribution is 7.89. The summed E-state index contributed by atoms with van der Waals surface area (Å²) >= 11 is 0. The zero-order valence-electron chi connectivity index (χ0n) is 13.9. The van der Waals surface area contributed by atoms with Gasteiger partial charge >= 0.3 is 0 Å². The molecule has 0 unspecified atom stereocenters. The molecule has 7 heteroatoms. The Hall–Kier alpha value is -1.60. The zero-order valence-corrected chi connectivity index (χ0v) is 14.7. The Kier molecular flexibility index (Phi) is 6.41. The van der Waals surface area contributed by atoms with Crippen molar-refractivity contribution in [1.82, 2.24) is 14.9 Å². The van der Waals surface area contributed by atoms with E-state index in [0.29, 0.717) is 32.1 Å². The van der Waals surface area contributed by atoms with Crippen LogP contribution in [0.25, 0.3) is 0 Å². The van der Waals surface area contributed by atoms with Gasteiger partial charge in [0.05, 0.1) is 12.3 Å². The van der Waals surface area contributed by atoms with Gasteiger partial charge < -0.3 is 10.6 Å². The molecule has 0 spiro atoms. The van der Waals surface area contributed by atoms with E-state index in [1.54, 1.807) is 4.31 Å². The van der Waals surface area contributed by atoms with Crippen LogP contribution < -0.4 is 10.6 Å². The van der Waals surface area contributed by atoms with Gasteiger partial charge in [-0.05, 0) is 25.8 Å². The number of rotatable bonds is 6. The molecule has 0 aliphatic carbocycles. The van der Waals surface area contributed by atoms with Crippen molar-refractivity contribution in [3.05, 3.63) is 35.4 Å². The van der Waals surface area contributed by atoms with E-state index in [0.717, 1.165) is 18.5 Å². The molecule has 2 N–H and O–H groups in total. The minimum atomic E-state index is -3.02. The molecule has 1 saturated heterocycles. The topological polar surface area (TPSA) is 73.8 Å². The molecule has 0 aromatic heterocycles. The summed E-state index contributed by atoms with van der Waals surface area (Å²) in [5.74, 6) is 0.985. The third-order valence-electron chi connectivity index (χ3n) is 3.74. The summed E-state index contributed by atoms with van der Waals surface area (Å²) in [6, 6.07) is 8.28. The Bertz CT molecular complexity index is 626. The quantitative estimate of drug-likeness (QED) is 0.601. The molecule has 1 aliphatic heterocycles. The van der Waals surface area contributed by atoms with Crippen LogP contribution in [0, 0.1) is 6.92 Å². The highest BCUT2D eigenvalue weighted by Gasteiger charge is 2.27. The maximum absolute atomic E-state index is 11.8. The van der Waals surface area contributed by atoms with Crippen LogP contribution in [0.15, 0.2) is 29.3 Å². The normalized spacial score (nSPS) is 18.1. The molecule has 128 valence electrons. The van der Waals surface area contributed by atoms with Gasteiger partial charge in [-0.25, -0.2) is 17.7 Å². The predicted molar refractivity (Wildman–Crippen MR) is 94.0 cm³/mol. The van der Waals surface area contributed by atoms with Crippen molar-refractivity contribution in [1.29, 1.82) is 0 Å². The van der Waals surface area contributed by atoms with Crippen molar-refractivity contribution in [3.63, 3.8) is 0 Å². The van der Waals surface area contributed by atoms with E-state index in [-0.39, 0.29) is 5.75 Å². The summed E-state index contributed by atoms with van der Waals surface area (Å²) in [4.78, 5) is 4.54. The molecule has 23 heavy (non-hydrogen) atoms. The molecule has 1 fully saturated rings. The van der Waals surface area contributed by atoms with Gasteiger partial charge in [0.1, 0.15) is 0 Å². The number of sulfonamides is 1. The molecule has 0 bridgehead atoms. The first-order chi connectivity index (χ1) is 11.0. The Labute approximate surface area is 139 Å². The van der Waals surface area contributed by atoms with Crippen LogP contribution in [0.1, 0.15) is 24.5 Å². The maximum Gasteiger partial charge on any atom is 0.214 e. The van der Waals surface area contributed by atoms with Crippen LogP contribution in [0.5, 0.6) is 0 Å². The predicted octanol–water partition coefficient (Wildman–Crippen LogP) is 1.09. The van der Waals surface area contributed by atoms with Crippen LogP contribution in [0.3, 0.4) is 0 Å². The first-order valence-corrected chi connectivity index (χ1v) is 9.68. The van der Waals surface area contributed by atoms with E-state index in [1.165, 1.54) is 5.56 Å². The fraction of sp³-hybridized carbons (Fsp3) is 0.562. The van der Waals surface area contributed by atoms with Gasteiger partial charge in [-0.1, -0.05) is 29.8 Å². The van der Waals surface area contributed by atoms with Crippen LogP contribution >= 0.6 is 0 Å². The van der Waals surface area contributed by atoms with Crippen molar-refractivity contribution in [2.45, 2.75) is 26.8 Å². The number of hydrogen-bond donors (Lipinski definition) is 2. The standard InChI is InChI=1S/C16H26N4O2S/c1-3-17-16(19-13-15-7-5-14(2)6-8-15)18-9-11-20-10-4-12-23(20,21)22/h5-8H,3-4,9-13H2,1-2H3,(H2,17,18,19). The largest absolute Gasteiger partial charge is 0.357 e. The first kappa shape index (κ1) is 17.7. The lowest BCUT2D eigenvalue weighted by Crippen LogP contribution is -2.42. The van der Waals surface area contributed by atoms with Gasteiger partial charge in [0, 0.05) is 26.2 Å². The Balaban J connectivity index is 1.85. The van der Waals surface area contributed by atoms with Crippen LogP contribution in [-0.2, 0) is 16.6 Å². The number of guanidine groups is 1. The van der Waals surface area contributed by atoms with Crippen molar-refractivity contribution >= 4 is 16.0 Å². The molecule has 0 atom stereocenters. The van der Waals surface area contributed by atoms with Gasteiger partial charge in [0.15, 0.2) is 5.96 Å². The fourth-order valence-electron chi connectivity index (χ4n) is 2.45. The minimum Gasteiger partial charge on any atom is -0.357 e. The van der Waals surface area contributed by atoms with E-state index in [9.17, 15) is 8.42 Å². The Morgan fingerprint density at radius 1 is 1.26 bits per heavy atom. The van der Waals surface area contributed by atoms with Crippen molar-refractivity contribution < 1.29 is 8.42 Å². The molecule has 0 saturated carbocycles. The molecule has 1 aromatic rings. The summed E-state index contributed by atoms with van der Waals surface area (Å²) in [6.07, 6.45) is 0.726. The van der Waals surface area contributed by atoms with Gasteiger partial charge in [-0.15, -0.1) is 0 Å². The second-order valence-electron chi connectivity index (χ2n) is 5.68. The molecule has 2 rings (SSSR count). The number of nitrogens with zero attached hydrogens (tertiary/aromatic N) is 2. The second-order valence-corrected chi connectivity index (χ2v) is 7.76. The number of nitrogens with one attached hydrogen (secondary N) is 2. The molecule has 6 nitrogen and oxygen atoms in total. The average Bonchev–Trinajstić information content (AvgIpc) is 2.85. The van der Waals surface area contributed by atoms with E-state index >= 15 is 0 Å². The molecular weight excluding hydrogens is 312 g/mol. The van der Waals surface area contributed by atoms with Crippen molar-refractivity contribution in [2.24, 2.45) is 4.99 Å². The minimum absolute atomic E-state index is 0.272. The molecule has 0 amide bonds. The van der Waals surface area contributed by atoms with Crippen molar-refractivity contribution in [3.8, 4) is 0 Å². The number of aryl methyl sites for hydroxylation is 1. The lowest BCUT2D eigenvalue weighted by Gasteiger charge is -2.16. The lowest BCUT2D eigenvalue weighted by atomic mass is 10.1. The summed E-state index contributed by atoms with van der Waals surface area (Å²) in [7, 11) is -3.02. The zero-order chi connectivity index (χ0) is 16.7. The van der Waals surface area contributed by atoms with Crippen LogP contribution in [-0.4, -0.2) is 50.6 Å². The highest BCUT2D eigenvalue weighted by Crippen LogP contribution is 2.11. The van der Waals surface area contributed by atoms with Crippen LogP contribution in [0.4, 0.5) is 0 Å². The van der Waals surface area contributed by atoms with Gasteiger partial charge in [-0.3, -0.25) is 0 Å². The van der Waals surface area contributed by atoms with Crippen molar-refractivity contribution in [2.75, 3.05) is 31.9 Å². The van der Waals surface area contributed by atoms with Crippen LogP contribution in [0.2, 0.25) is 0 Å². The third-order valence-corrected chi connectivity index (χ3v) is 5.70. The molecule has 0 radical (unpaired) electrons. The highest BCUT2D eigenvalue weighted by atomic mass is 32.2. The molecular formula is C16H26N4O2S. The summed E-state index contributed by atoms with van der Waals surface area (Å²) in [5.41, 5.74) is 2.38. The van der Waals surface area contributed by atoms with E-state index in [1.807, 2.05) is 6.92 Å². The maximum atomic E-state index is 11.8. The molecule has 1 aromatic carbocycles. The van der Waals surface area contributed by atoms with E-state index < -0.39 is 10.0 Å². The summed E-state index contributed by atoms with van der Waals surface area (Å²) in [6.45, 7) is 7.09. The lowest BCUT2D eigenvalue weighted by molar-refractivity contribution is 0.445. The van der Waals surface area contributed by atoms with Gasteiger partial charge in [0.25, 0.3) is 0 Å². The first-order valence-electron chi connectivity index (χ1n) is 8.07. The number of hydrogen-bond acceptors (Lipinski definition) is 3. The molecule has 1 heterocycles. The van der Waals surface area contributed by atoms with E-state index in [2.05, 4.69) is 46.8 Å². The second kappa shape index (κ2) is 8.31. The monoisotopic (exact) mass is 338 g/mol. The van der Waals surface area contributed by atoms with E-state index in [4.69, 9.17) is 0 Å². The fourth-order valence-corrected chi connectivity index (χ4v) is 3.98. The third kappa shape index (κ3) is 5.51. The average molecular weight is 338 g/mol. The Morgan fingerprint density at radius 2 is 2.00 bits per heavy atom.